The number of benzene rings is 2. The molecule has 1 heteroatoms. The Kier molecular flexibility index (Phi) is 3.29. The smallest absolute Gasteiger partial charge is 0.0555 e. The van der Waals surface area contributed by atoms with Crippen molar-refractivity contribution in [3.63, 3.8) is 0 Å². The second kappa shape index (κ2) is 4.97. The second-order valence-electron chi connectivity index (χ2n) is 6.34. The fourth-order valence-electron chi connectivity index (χ4n) is 3.18. The number of anilines is 1. The van der Waals surface area contributed by atoms with Crippen molar-refractivity contribution >= 4 is 5.69 Å². The minimum Gasteiger partial charge on any atom is -0.377 e. The van der Waals surface area contributed by atoms with Crippen molar-refractivity contribution in [3.8, 4) is 0 Å². The third-order valence-corrected chi connectivity index (χ3v) is 4.31. The fourth-order valence-corrected chi connectivity index (χ4v) is 3.18. The van der Waals surface area contributed by atoms with Crippen LogP contribution in [0.25, 0.3) is 0 Å². The van der Waals surface area contributed by atoms with E-state index in [0.717, 1.165) is 6.42 Å². The van der Waals surface area contributed by atoms with Crippen LogP contribution in [0.3, 0.4) is 0 Å². The summed E-state index contributed by atoms with van der Waals surface area (Å²) in [5, 5.41) is 3.69. The van der Waals surface area contributed by atoms with Gasteiger partial charge in [-0.15, -0.1) is 0 Å². The Balaban J connectivity index is 1.86. The summed E-state index contributed by atoms with van der Waals surface area (Å²) in [6, 6.07) is 14.1. The highest BCUT2D eigenvalue weighted by atomic mass is 15.0. The van der Waals surface area contributed by atoms with Crippen molar-refractivity contribution in [1.82, 2.24) is 0 Å². The van der Waals surface area contributed by atoms with Gasteiger partial charge in [0, 0.05) is 5.69 Å². The number of rotatable bonds is 2. The predicted octanol–water partition coefficient (Wildman–Crippen LogP) is 5.14. The molecule has 0 bridgehead atoms. The van der Waals surface area contributed by atoms with Crippen LogP contribution < -0.4 is 5.32 Å². The van der Waals surface area contributed by atoms with Crippen LogP contribution in [-0.2, 0) is 6.42 Å². The third-order valence-electron chi connectivity index (χ3n) is 4.31. The number of aryl methyl sites for hydroxylation is 2. The Morgan fingerprint density at radius 1 is 1.05 bits per heavy atom. The molecule has 0 aromatic heterocycles. The zero-order valence-electron chi connectivity index (χ0n) is 12.8. The maximum absolute atomic E-state index is 3.69. The fraction of sp³-hybridized carbons (Fsp3) is 0.368. The molecule has 1 N–H and O–H groups in total. The summed E-state index contributed by atoms with van der Waals surface area (Å²) in [6.07, 6.45) is 1.10. The largest absolute Gasteiger partial charge is 0.377 e. The minimum absolute atomic E-state index is 0.423. The zero-order chi connectivity index (χ0) is 14.3. The van der Waals surface area contributed by atoms with Crippen molar-refractivity contribution in [2.75, 3.05) is 5.32 Å². The van der Waals surface area contributed by atoms with Gasteiger partial charge in [0.25, 0.3) is 0 Å². The van der Waals surface area contributed by atoms with E-state index in [9.17, 15) is 0 Å². The van der Waals surface area contributed by atoms with E-state index in [0.29, 0.717) is 12.0 Å². The molecule has 3 rings (SSSR count). The van der Waals surface area contributed by atoms with Gasteiger partial charge in [-0.25, -0.2) is 0 Å². The molecule has 0 fully saturated rings. The Bertz CT molecular complexity index is 623. The predicted molar refractivity (Wildman–Crippen MR) is 86.5 cm³/mol. The van der Waals surface area contributed by atoms with Crippen LogP contribution in [0, 0.1) is 13.8 Å². The van der Waals surface area contributed by atoms with E-state index >= 15 is 0 Å². The lowest BCUT2D eigenvalue weighted by atomic mass is 9.97. The van der Waals surface area contributed by atoms with E-state index in [1.54, 1.807) is 0 Å². The molecule has 0 aliphatic carbocycles. The first-order valence-corrected chi connectivity index (χ1v) is 7.51. The van der Waals surface area contributed by atoms with Crippen LogP contribution in [0.2, 0.25) is 0 Å². The summed E-state index contributed by atoms with van der Waals surface area (Å²) >= 11 is 0. The van der Waals surface area contributed by atoms with Gasteiger partial charge in [0.15, 0.2) is 0 Å². The first kappa shape index (κ1) is 13.2. The highest BCUT2D eigenvalue weighted by Gasteiger charge is 2.23. The van der Waals surface area contributed by atoms with Crippen LogP contribution in [0.5, 0.6) is 0 Å². The van der Waals surface area contributed by atoms with E-state index in [-0.39, 0.29) is 0 Å². The Morgan fingerprint density at radius 2 is 1.75 bits per heavy atom. The quantitative estimate of drug-likeness (QED) is 0.793. The standard InChI is InChI=1S/C19H23N/c1-12(2)15-5-7-16(8-6-15)18-11-17-10-13(3)9-14(4)19(17)20-18/h5-10,12,18,20H,11H2,1-4H3. The molecule has 1 atom stereocenters. The maximum atomic E-state index is 3.69. The molecule has 1 aliphatic heterocycles. The first-order valence-electron chi connectivity index (χ1n) is 7.51. The van der Waals surface area contributed by atoms with Crippen molar-refractivity contribution in [1.29, 1.82) is 0 Å². The zero-order valence-corrected chi connectivity index (χ0v) is 12.8. The highest BCUT2D eigenvalue weighted by molar-refractivity contribution is 5.64. The molecule has 20 heavy (non-hydrogen) atoms. The molecular formula is C19H23N. The lowest BCUT2D eigenvalue weighted by Crippen LogP contribution is -2.06. The topological polar surface area (TPSA) is 12.0 Å². The number of hydrogen-bond acceptors (Lipinski definition) is 1. The van der Waals surface area contributed by atoms with Gasteiger partial charge in [-0.3, -0.25) is 0 Å². The maximum Gasteiger partial charge on any atom is 0.0555 e. The minimum atomic E-state index is 0.423. The van der Waals surface area contributed by atoms with Gasteiger partial charge in [0.05, 0.1) is 6.04 Å². The molecule has 104 valence electrons. The van der Waals surface area contributed by atoms with Crippen LogP contribution in [0.1, 0.15) is 53.6 Å². The molecule has 1 unspecified atom stereocenters. The summed E-state index contributed by atoms with van der Waals surface area (Å²) in [5.41, 5.74) is 8.33. The SMILES string of the molecule is Cc1cc(C)c2c(c1)CC(c1ccc(C(C)C)cc1)N2. The van der Waals surface area contributed by atoms with Gasteiger partial charge in [0.1, 0.15) is 0 Å². The average molecular weight is 265 g/mol. The third kappa shape index (κ3) is 2.33. The number of fused-ring (bicyclic) bond motifs is 1. The molecule has 2 aromatic carbocycles. The van der Waals surface area contributed by atoms with Crippen LogP contribution >= 0.6 is 0 Å². The molecule has 1 nitrogen and oxygen atoms in total. The van der Waals surface area contributed by atoms with Crippen molar-refractivity contribution in [3.05, 3.63) is 64.2 Å². The van der Waals surface area contributed by atoms with Crippen molar-refractivity contribution in [2.45, 2.75) is 46.1 Å². The average Bonchev–Trinajstić information content (AvgIpc) is 2.83. The molecule has 0 radical (unpaired) electrons. The molecule has 0 saturated heterocycles. The Morgan fingerprint density at radius 3 is 2.40 bits per heavy atom. The number of nitrogens with one attached hydrogen (secondary N) is 1. The van der Waals surface area contributed by atoms with Gasteiger partial charge in [-0.2, -0.15) is 0 Å². The lowest BCUT2D eigenvalue weighted by Gasteiger charge is -2.14. The van der Waals surface area contributed by atoms with Crippen molar-refractivity contribution < 1.29 is 0 Å². The molecule has 0 spiro atoms. The Labute approximate surface area is 122 Å². The highest BCUT2D eigenvalue weighted by Crippen LogP contribution is 2.37. The number of hydrogen-bond donors (Lipinski definition) is 1. The van der Waals surface area contributed by atoms with Gasteiger partial charge in [-0.1, -0.05) is 55.8 Å². The van der Waals surface area contributed by atoms with Crippen molar-refractivity contribution in [2.24, 2.45) is 0 Å². The van der Waals surface area contributed by atoms with E-state index in [2.05, 4.69) is 69.4 Å². The normalized spacial score (nSPS) is 17.1. The summed E-state index contributed by atoms with van der Waals surface area (Å²) < 4.78 is 0. The van der Waals surface area contributed by atoms with Gasteiger partial charge >= 0.3 is 0 Å². The summed E-state index contributed by atoms with van der Waals surface area (Å²) in [5.74, 6) is 0.600. The molecule has 1 aliphatic rings. The van der Waals surface area contributed by atoms with E-state index in [1.807, 2.05) is 0 Å². The van der Waals surface area contributed by atoms with Crippen LogP contribution in [-0.4, -0.2) is 0 Å². The molecular weight excluding hydrogens is 242 g/mol. The van der Waals surface area contributed by atoms with E-state index in [4.69, 9.17) is 0 Å². The summed E-state index contributed by atoms with van der Waals surface area (Å²) in [7, 11) is 0. The molecule has 2 aromatic rings. The van der Waals surface area contributed by atoms with Crippen LogP contribution in [0.4, 0.5) is 5.69 Å². The molecule has 0 amide bonds. The van der Waals surface area contributed by atoms with Crippen LogP contribution in [0.15, 0.2) is 36.4 Å². The lowest BCUT2D eigenvalue weighted by molar-refractivity contribution is 0.816. The molecule has 0 saturated carbocycles. The van der Waals surface area contributed by atoms with Gasteiger partial charge in [-0.05, 0) is 48.4 Å². The summed E-state index contributed by atoms with van der Waals surface area (Å²) in [4.78, 5) is 0. The monoisotopic (exact) mass is 265 g/mol. The Hall–Kier alpha value is -1.76. The second-order valence-corrected chi connectivity index (χ2v) is 6.34. The molecule has 1 heterocycles. The van der Waals surface area contributed by atoms with E-state index in [1.165, 1.54) is 33.5 Å². The summed E-state index contributed by atoms with van der Waals surface area (Å²) in [6.45, 7) is 8.86. The van der Waals surface area contributed by atoms with E-state index < -0.39 is 0 Å². The van der Waals surface area contributed by atoms with Gasteiger partial charge in [0.2, 0.25) is 0 Å². The van der Waals surface area contributed by atoms with Gasteiger partial charge < -0.3 is 5.32 Å². The first-order chi connectivity index (χ1) is 9.54.